The molecular weight excluding hydrogens is 264 g/mol. The molecule has 6 N–H and O–H groups in total. The second-order valence-electron chi connectivity index (χ2n) is 7.03. The summed E-state index contributed by atoms with van der Waals surface area (Å²) in [5, 5.41) is 6.87. The molecule has 21 heavy (non-hydrogen) atoms. The zero-order valence-corrected chi connectivity index (χ0v) is 12.5. The van der Waals surface area contributed by atoms with E-state index in [1.54, 1.807) is 0 Å². The number of hydrogen-bond acceptors (Lipinski definition) is 6. The molecule has 116 valence electrons. The van der Waals surface area contributed by atoms with Gasteiger partial charge in [-0.1, -0.05) is 6.42 Å². The van der Waals surface area contributed by atoms with Crippen LogP contribution in [0.2, 0.25) is 0 Å². The van der Waals surface area contributed by atoms with Gasteiger partial charge in [0.05, 0.1) is 0 Å². The van der Waals surface area contributed by atoms with Crippen LogP contribution in [0.1, 0.15) is 32.1 Å². The highest BCUT2D eigenvalue weighted by Gasteiger charge is 2.42. The van der Waals surface area contributed by atoms with Crippen LogP contribution in [0.4, 0.5) is 0 Å². The highest BCUT2D eigenvalue weighted by atomic mass is 15.3. The topological polar surface area (TPSA) is 91.7 Å². The minimum absolute atomic E-state index is 0.441. The molecule has 1 saturated carbocycles. The minimum Gasteiger partial charge on any atom is -0.370 e. The molecule has 0 aromatic carbocycles. The van der Waals surface area contributed by atoms with Crippen molar-refractivity contribution in [3.63, 3.8) is 0 Å². The summed E-state index contributed by atoms with van der Waals surface area (Å²) in [4.78, 5) is 6.89. The highest BCUT2D eigenvalue weighted by molar-refractivity contribution is 5.81. The first kappa shape index (κ1) is 13.4. The molecule has 0 spiro atoms. The van der Waals surface area contributed by atoms with Gasteiger partial charge in [0.25, 0.3) is 0 Å². The normalized spacial score (nSPS) is 40.0. The van der Waals surface area contributed by atoms with Gasteiger partial charge in [-0.25, -0.2) is 4.99 Å². The Labute approximate surface area is 126 Å². The predicted octanol–water partition coefficient (Wildman–Crippen LogP) is -0.115. The van der Waals surface area contributed by atoms with E-state index in [0.717, 1.165) is 44.2 Å². The van der Waals surface area contributed by atoms with Gasteiger partial charge in [0.2, 0.25) is 0 Å². The van der Waals surface area contributed by atoms with Gasteiger partial charge in [0.1, 0.15) is 11.5 Å². The van der Waals surface area contributed by atoms with Crippen molar-refractivity contribution in [2.24, 2.45) is 28.3 Å². The van der Waals surface area contributed by atoms with Gasteiger partial charge in [0.15, 0.2) is 5.96 Å². The van der Waals surface area contributed by atoms with Crippen molar-refractivity contribution in [3.05, 3.63) is 11.9 Å². The Balaban J connectivity index is 1.54. The molecule has 0 bridgehead atoms. The summed E-state index contributed by atoms with van der Waals surface area (Å²) in [5.41, 5.74) is 11.9. The van der Waals surface area contributed by atoms with Gasteiger partial charge < -0.3 is 27.0 Å². The monoisotopic (exact) mass is 290 g/mol. The number of guanidine groups is 1. The molecule has 3 aliphatic heterocycles. The fourth-order valence-electron chi connectivity index (χ4n) is 4.15. The fourth-order valence-corrected chi connectivity index (χ4v) is 4.15. The predicted molar refractivity (Wildman–Crippen MR) is 83.2 cm³/mol. The summed E-state index contributed by atoms with van der Waals surface area (Å²) < 4.78 is 0. The van der Waals surface area contributed by atoms with Crippen LogP contribution in [0.5, 0.6) is 0 Å². The second-order valence-corrected chi connectivity index (χ2v) is 7.03. The molecule has 1 aliphatic carbocycles. The largest absolute Gasteiger partial charge is 0.370 e. The Morgan fingerprint density at radius 2 is 2.10 bits per heavy atom. The summed E-state index contributed by atoms with van der Waals surface area (Å²) >= 11 is 0. The third kappa shape index (κ3) is 2.30. The van der Waals surface area contributed by atoms with Crippen molar-refractivity contribution in [1.82, 2.24) is 15.5 Å². The molecule has 6 heteroatoms. The lowest BCUT2D eigenvalue weighted by Crippen LogP contribution is -2.55. The number of rotatable bonds is 2. The number of nitrogens with two attached hydrogens (primary N) is 2. The van der Waals surface area contributed by atoms with E-state index in [1.807, 2.05) is 0 Å². The standard InChI is InChI=1S/C15H26N6/c16-14-19-13(7-15(17,20-14)11-4-1-5-11)21-8-10-3-2-6-18-12(10)9-21/h7,10-12,18H,1-6,8-9,17H2,(H3,16,19,20)/t10-,12+,15?/m1/s1. The van der Waals surface area contributed by atoms with Gasteiger partial charge in [-0.3, -0.25) is 0 Å². The smallest absolute Gasteiger partial charge is 0.196 e. The molecule has 0 aromatic rings. The van der Waals surface area contributed by atoms with Crippen LogP contribution in [0.3, 0.4) is 0 Å². The Kier molecular flexibility index (Phi) is 3.11. The molecule has 1 unspecified atom stereocenters. The van der Waals surface area contributed by atoms with Gasteiger partial charge in [0, 0.05) is 25.0 Å². The number of nitrogens with one attached hydrogen (secondary N) is 2. The van der Waals surface area contributed by atoms with Gasteiger partial charge in [-0.15, -0.1) is 0 Å². The van der Waals surface area contributed by atoms with Crippen molar-refractivity contribution >= 4 is 5.96 Å². The number of nitrogens with zero attached hydrogens (tertiary/aromatic N) is 2. The van der Waals surface area contributed by atoms with Crippen LogP contribution in [-0.2, 0) is 0 Å². The molecule has 3 heterocycles. The lowest BCUT2D eigenvalue weighted by Gasteiger charge is -2.41. The summed E-state index contributed by atoms with van der Waals surface area (Å²) in [6.45, 7) is 3.27. The van der Waals surface area contributed by atoms with Crippen molar-refractivity contribution < 1.29 is 0 Å². The Hall–Kier alpha value is -1.27. The van der Waals surface area contributed by atoms with E-state index in [0.29, 0.717) is 17.9 Å². The molecule has 0 aromatic heterocycles. The number of aliphatic imine (C=N–C) groups is 1. The Morgan fingerprint density at radius 1 is 1.24 bits per heavy atom. The summed E-state index contributed by atoms with van der Waals surface area (Å²) in [6, 6.07) is 0.609. The summed E-state index contributed by atoms with van der Waals surface area (Å²) in [5.74, 6) is 2.71. The van der Waals surface area contributed by atoms with Crippen LogP contribution < -0.4 is 22.1 Å². The van der Waals surface area contributed by atoms with Crippen molar-refractivity contribution in [3.8, 4) is 0 Å². The molecular formula is C15H26N6. The lowest BCUT2D eigenvalue weighted by atomic mass is 9.75. The van der Waals surface area contributed by atoms with Crippen molar-refractivity contribution in [2.45, 2.75) is 43.8 Å². The molecule has 4 rings (SSSR count). The summed E-state index contributed by atoms with van der Waals surface area (Å²) in [7, 11) is 0. The highest BCUT2D eigenvalue weighted by Crippen LogP contribution is 2.38. The maximum atomic E-state index is 6.53. The first-order valence-corrected chi connectivity index (χ1v) is 8.26. The van der Waals surface area contributed by atoms with Crippen LogP contribution in [0.25, 0.3) is 0 Å². The molecule has 0 radical (unpaired) electrons. The molecule has 4 aliphatic rings. The first-order chi connectivity index (χ1) is 10.1. The number of fused-ring (bicyclic) bond motifs is 1. The van der Waals surface area contributed by atoms with Crippen LogP contribution in [-0.4, -0.2) is 42.2 Å². The van der Waals surface area contributed by atoms with Gasteiger partial charge in [-0.05, 0) is 44.2 Å². The molecule has 3 atom stereocenters. The van der Waals surface area contributed by atoms with Crippen LogP contribution in [0.15, 0.2) is 16.9 Å². The molecule has 0 amide bonds. The van der Waals surface area contributed by atoms with E-state index < -0.39 is 5.66 Å². The fraction of sp³-hybridized carbons (Fsp3) is 0.800. The van der Waals surface area contributed by atoms with Crippen molar-refractivity contribution in [1.29, 1.82) is 0 Å². The zero-order chi connectivity index (χ0) is 14.4. The van der Waals surface area contributed by atoms with E-state index in [-0.39, 0.29) is 0 Å². The van der Waals surface area contributed by atoms with E-state index in [1.165, 1.54) is 19.3 Å². The molecule has 6 nitrogen and oxygen atoms in total. The Morgan fingerprint density at radius 3 is 2.81 bits per heavy atom. The average Bonchev–Trinajstić information content (AvgIpc) is 2.78. The minimum atomic E-state index is -0.607. The lowest BCUT2D eigenvalue weighted by molar-refractivity contribution is 0.205. The molecule has 3 fully saturated rings. The number of likely N-dealkylation sites (tertiary alicyclic amines) is 1. The second kappa shape index (κ2) is 4.88. The van der Waals surface area contributed by atoms with E-state index in [2.05, 4.69) is 26.6 Å². The van der Waals surface area contributed by atoms with Gasteiger partial charge in [-0.2, -0.15) is 0 Å². The average molecular weight is 290 g/mol. The van der Waals surface area contributed by atoms with Crippen molar-refractivity contribution in [2.75, 3.05) is 19.6 Å². The molecule has 2 saturated heterocycles. The maximum Gasteiger partial charge on any atom is 0.196 e. The summed E-state index contributed by atoms with van der Waals surface area (Å²) in [6.07, 6.45) is 8.29. The first-order valence-electron chi connectivity index (χ1n) is 8.26. The SMILES string of the molecule is NC1=NC(N)(C2CCC2)C=C(N2C[C@H]3CCCN[C@H]3C2)N1. The van der Waals surface area contributed by atoms with Crippen LogP contribution in [0, 0.1) is 11.8 Å². The third-order valence-corrected chi connectivity index (χ3v) is 5.64. The van der Waals surface area contributed by atoms with Crippen LogP contribution >= 0.6 is 0 Å². The number of hydrogen-bond donors (Lipinski definition) is 4. The van der Waals surface area contributed by atoms with Gasteiger partial charge >= 0.3 is 0 Å². The number of piperidine rings is 1. The Bertz CT molecular complexity index is 469. The maximum absolute atomic E-state index is 6.53. The van der Waals surface area contributed by atoms with E-state index in [4.69, 9.17) is 11.5 Å². The zero-order valence-electron chi connectivity index (χ0n) is 12.5. The quantitative estimate of drug-likeness (QED) is 0.569. The van der Waals surface area contributed by atoms with E-state index in [9.17, 15) is 0 Å². The third-order valence-electron chi connectivity index (χ3n) is 5.64. The van der Waals surface area contributed by atoms with E-state index >= 15 is 0 Å².